The fourth-order valence-electron chi connectivity index (χ4n) is 2.81. The molecule has 1 N–H and O–H groups in total. The van der Waals surface area contributed by atoms with Gasteiger partial charge in [-0.05, 0) is 43.2 Å². The van der Waals surface area contributed by atoms with Gasteiger partial charge in [0.15, 0.2) is 0 Å². The van der Waals surface area contributed by atoms with E-state index >= 15 is 0 Å². The highest BCUT2D eigenvalue weighted by atomic mass is 16.5. The molecule has 0 radical (unpaired) electrons. The van der Waals surface area contributed by atoms with Crippen LogP contribution in [0.3, 0.4) is 0 Å². The number of rotatable bonds is 5. The van der Waals surface area contributed by atoms with Gasteiger partial charge in [-0.15, -0.1) is 0 Å². The maximum Gasteiger partial charge on any atom is 0.123 e. The Hall–Kier alpha value is -2.16. The van der Waals surface area contributed by atoms with Crippen LogP contribution >= 0.6 is 0 Å². The number of ether oxygens (including phenoxy) is 1. The number of methoxy groups -OCH3 is 1. The molecule has 0 saturated carbocycles. The van der Waals surface area contributed by atoms with Crippen molar-refractivity contribution in [2.75, 3.05) is 30.4 Å². The largest absolute Gasteiger partial charge is 0.496 e. The molecule has 3 rings (SSSR count). The minimum atomic E-state index is 0.771. The van der Waals surface area contributed by atoms with Crippen LogP contribution in [0.25, 0.3) is 0 Å². The molecular weight excluding hydrogens is 260 g/mol. The molecule has 0 bridgehead atoms. The third kappa shape index (κ3) is 3.30. The van der Waals surface area contributed by atoms with Gasteiger partial charge in [-0.3, -0.25) is 0 Å². The lowest BCUT2D eigenvalue weighted by molar-refractivity contribution is 0.410. The second kappa shape index (κ2) is 6.53. The van der Waals surface area contributed by atoms with Gasteiger partial charge in [-0.2, -0.15) is 0 Å². The van der Waals surface area contributed by atoms with Crippen molar-refractivity contribution >= 4 is 11.4 Å². The molecule has 0 atom stereocenters. The summed E-state index contributed by atoms with van der Waals surface area (Å²) in [5.41, 5.74) is 3.64. The SMILES string of the molecule is COc1ccccc1CNc1ccc(N2CCCC2)cc1. The molecule has 1 heterocycles. The summed E-state index contributed by atoms with van der Waals surface area (Å²) in [4.78, 5) is 2.45. The first-order chi connectivity index (χ1) is 10.4. The number of hydrogen-bond donors (Lipinski definition) is 1. The third-order valence-corrected chi connectivity index (χ3v) is 4.01. The van der Waals surface area contributed by atoms with Gasteiger partial charge >= 0.3 is 0 Å². The second-order valence-corrected chi connectivity index (χ2v) is 5.41. The van der Waals surface area contributed by atoms with E-state index in [2.05, 4.69) is 40.5 Å². The van der Waals surface area contributed by atoms with E-state index in [1.807, 2.05) is 18.2 Å². The molecule has 1 fully saturated rings. The summed E-state index contributed by atoms with van der Waals surface area (Å²) in [5, 5.41) is 3.45. The average Bonchev–Trinajstić information content (AvgIpc) is 3.08. The van der Waals surface area contributed by atoms with E-state index in [9.17, 15) is 0 Å². The molecule has 0 amide bonds. The normalized spacial score (nSPS) is 14.2. The van der Waals surface area contributed by atoms with Gasteiger partial charge in [0.25, 0.3) is 0 Å². The molecule has 110 valence electrons. The van der Waals surface area contributed by atoms with Crippen molar-refractivity contribution < 1.29 is 4.74 Å². The summed E-state index contributed by atoms with van der Waals surface area (Å²) in [6.45, 7) is 3.15. The number of para-hydroxylation sites is 1. The number of hydrogen-bond acceptors (Lipinski definition) is 3. The van der Waals surface area contributed by atoms with Crippen molar-refractivity contribution in [3.8, 4) is 5.75 Å². The van der Waals surface area contributed by atoms with Gasteiger partial charge in [0.05, 0.1) is 7.11 Å². The fourth-order valence-corrected chi connectivity index (χ4v) is 2.81. The quantitative estimate of drug-likeness (QED) is 0.900. The summed E-state index contributed by atoms with van der Waals surface area (Å²) in [5.74, 6) is 0.929. The van der Waals surface area contributed by atoms with Crippen LogP contribution in [0.1, 0.15) is 18.4 Å². The van der Waals surface area contributed by atoms with Crippen molar-refractivity contribution in [2.24, 2.45) is 0 Å². The van der Waals surface area contributed by atoms with E-state index < -0.39 is 0 Å². The lowest BCUT2D eigenvalue weighted by Crippen LogP contribution is -2.17. The molecule has 0 spiro atoms. The molecular formula is C18H22N2O. The monoisotopic (exact) mass is 282 g/mol. The average molecular weight is 282 g/mol. The van der Waals surface area contributed by atoms with E-state index in [0.717, 1.165) is 18.0 Å². The van der Waals surface area contributed by atoms with Crippen LogP contribution in [0.5, 0.6) is 5.75 Å². The van der Waals surface area contributed by atoms with E-state index in [4.69, 9.17) is 4.74 Å². The standard InChI is InChI=1S/C18H22N2O/c1-21-18-7-3-2-6-15(18)14-19-16-8-10-17(11-9-16)20-12-4-5-13-20/h2-3,6-11,19H,4-5,12-14H2,1H3. The summed E-state index contributed by atoms with van der Waals surface area (Å²) >= 11 is 0. The minimum Gasteiger partial charge on any atom is -0.496 e. The van der Waals surface area contributed by atoms with Gasteiger partial charge in [0.2, 0.25) is 0 Å². The number of anilines is 2. The molecule has 1 saturated heterocycles. The molecule has 0 aliphatic carbocycles. The highest BCUT2D eigenvalue weighted by Gasteiger charge is 2.11. The Morgan fingerprint density at radius 2 is 1.71 bits per heavy atom. The van der Waals surface area contributed by atoms with Crippen LogP contribution in [0.2, 0.25) is 0 Å². The highest BCUT2D eigenvalue weighted by Crippen LogP contribution is 2.23. The molecule has 1 aliphatic heterocycles. The van der Waals surface area contributed by atoms with Crippen molar-refractivity contribution in [1.29, 1.82) is 0 Å². The first kappa shape index (κ1) is 13.8. The first-order valence-corrected chi connectivity index (χ1v) is 7.57. The van der Waals surface area contributed by atoms with Crippen LogP contribution in [0.15, 0.2) is 48.5 Å². The Bertz CT molecular complexity index is 574. The summed E-state index contributed by atoms with van der Waals surface area (Å²) in [6.07, 6.45) is 2.63. The Kier molecular flexibility index (Phi) is 4.29. The number of nitrogens with zero attached hydrogens (tertiary/aromatic N) is 1. The van der Waals surface area contributed by atoms with Crippen LogP contribution in [-0.4, -0.2) is 20.2 Å². The van der Waals surface area contributed by atoms with E-state index in [1.165, 1.54) is 37.2 Å². The zero-order chi connectivity index (χ0) is 14.5. The molecule has 0 aromatic heterocycles. The van der Waals surface area contributed by atoms with Crippen LogP contribution in [0.4, 0.5) is 11.4 Å². The Labute approximate surface area is 126 Å². The molecule has 21 heavy (non-hydrogen) atoms. The van der Waals surface area contributed by atoms with Crippen molar-refractivity contribution in [3.63, 3.8) is 0 Å². The van der Waals surface area contributed by atoms with Crippen molar-refractivity contribution in [1.82, 2.24) is 0 Å². The van der Waals surface area contributed by atoms with Gasteiger partial charge in [0, 0.05) is 36.6 Å². The van der Waals surface area contributed by atoms with Crippen molar-refractivity contribution in [3.05, 3.63) is 54.1 Å². The van der Waals surface area contributed by atoms with Crippen LogP contribution < -0.4 is 15.0 Å². The van der Waals surface area contributed by atoms with Crippen LogP contribution in [0, 0.1) is 0 Å². The predicted octanol–water partition coefficient (Wildman–Crippen LogP) is 3.91. The number of nitrogens with one attached hydrogen (secondary N) is 1. The Balaban J connectivity index is 1.62. The fraction of sp³-hybridized carbons (Fsp3) is 0.333. The predicted molar refractivity (Wildman–Crippen MR) is 88.2 cm³/mol. The zero-order valence-electron chi connectivity index (χ0n) is 12.5. The molecule has 2 aromatic carbocycles. The van der Waals surface area contributed by atoms with Gasteiger partial charge in [-0.25, -0.2) is 0 Å². The summed E-state index contributed by atoms with van der Waals surface area (Å²) in [7, 11) is 1.71. The topological polar surface area (TPSA) is 24.5 Å². The maximum atomic E-state index is 5.37. The lowest BCUT2D eigenvalue weighted by atomic mass is 10.2. The van der Waals surface area contributed by atoms with E-state index in [-0.39, 0.29) is 0 Å². The van der Waals surface area contributed by atoms with Crippen LogP contribution in [-0.2, 0) is 6.54 Å². The second-order valence-electron chi connectivity index (χ2n) is 5.41. The summed E-state index contributed by atoms with van der Waals surface area (Å²) in [6, 6.07) is 16.8. The molecule has 2 aromatic rings. The zero-order valence-corrected chi connectivity index (χ0v) is 12.5. The lowest BCUT2D eigenvalue weighted by Gasteiger charge is -2.18. The first-order valence-electron chi connectivity index (χ1n) is 7.57. The maximum absolute atomic E-state index is 5.37. The van der Waals surface area contributed by atoms with E-state index in [0.29, 0.717) is 0 Å². The molecule has 0 unspecified atom stereocenters. The summed E-state index contributed by atoms with van der Waals surface area (Å²) < 4.78 is 5.37. The third-order valence-electron chi connectivity index (χ3n) is 4.01. The number of benzene rings is 2. The highest BCUT2D eigenvalue weighted by molar-refractivity contribution is 5.55. The smallest absolute Gasteiger partial charge is 0.123 e. The van der Waals surface area contributed by atoms with Gasteiger partial charge < -0.3 is 15.0 Å². The van der Waals surface area contributed by atoms with Crippen molar-refractivity contribution in [2.45, 2.75) is 19.4 Å². The van der Waals surface area contributed by atoms with Gasteiger partial charge in [-0.1, -0.05) is 18.2 Å². The Morgan fingerprint density at radius 1 is 1.00 bits per heavy atom. The minimum absolute atomic E-state index is 0.771. The molecule has 3 nitrogen and oxygen atoms in total. The Morgan fingerprint density at radius 3 is 2.43 bits per heavy atom. The van der Waals surface area contributed by atoms with E-state index in [1.54, 1.807) is 7.11 Å². The van der Waals surface area contributed by atoms with Gasteiger partial charge in [0.1, 0.15) is 5.75 Å². The molecule has 1 aliphatic rings. The molecule has 3 heteroatoms.